The second-order valence-electron chi connectivity index (χ2n) is 3.25. The zero-order chi connectivity index (χ0) is 11.4. The minimum absolute atomic E-state index is 0.239. The molecule has 0 aliphatic carbocycles. The summed E-state index contributed by atoms with van der Waals surface area (Å²) in [6.07, 6.45) is 0.540. The van der Waals surface area contributed by atoms with E-state index in [1.54, 1.807) is 11.8 Å². The Labute approximate surface area is 96.7 Å². The molecule has 0 unspecified atom stereocenters. The summed E-state index contributed by atoms with van der Waals surface area (Å²) in [6, 6.07) is 7.86. The van der Waals surface area contributed by atoms with Gasteiger partial charge < -0.3 is 15.9 Å². The van der Waals surface area contributed by atoms with E-state index in [9.17, 15) is 0 Å². The van der Waals surface area contributed by atoms with Crippen LogP contribution in [0.2, 0.25) is 0 Å². The number of fused-ring (bicyclic) bond motifs is 1. The summed E-state index contributed by atoms with van der Waals surface area (Å²) < 4.78 is 0. The summed E-state index contributed by atoms with van der Waals surface area (Å²) in [4.78, 5) is 7.60. The molecule has 84 valence electrons. The van der Waals surface area contributed by atoms with E-state index in [0.717, 1.165) is 21.9 Å². The molecule has 16 heavy (non-hydrogen) atoms. The Kier molecular flexibility index (Phi) is 3.31. The van der Waals surface area contributed by atoms with Gasteiger partial charge in [0.2, 0.25) is 0 Å². The normalized spacial score (nSPS) is 12.1. The Bertz CT molecular complexity index is 475. The number of para-hydroxylation sites is 2. The second kappa shape index (κ2) is 4.89. The molecule has 0 aliphatic rings. The zero-order valence-electron chi connectivity index (χ0n) is 8.55. The average Bonchev–Trinajstić information content (AvgIpc) is 2.71. The lowest BCUT2D eigenvalue weighted by atomic mass is 10.3. The van der Waals surface area contributed by atoms with E-state index in [0.29, 0.717) is 6.42 Å². The van der Waals surface area contributed by atoms with Crippen molar-refractivity contribution < 1.29 is 5.21 Å². The lowest BCUT2D eigenvalue weighted by molar-refractivity contribution is 0.317. The van der Waals surface area contributed by atoms with Crippen LogP contribution in [0.1, 0.15) is 6.42 Å². The molecule has 0 saturated heterocycles. The molecule has 1 aromatic carbocycles. The maximum Gasteiger partial charge on any atom is 0.166 e. The maximum absolute atomic E-state index is 8.38. The molecule has 0 radical (unpaired) electrons. The fourth-order valence-corrected chi connectivity index (χ4v) is 2.15. The molecule has 5 nitrogen and oxygen atoms in total. The monoisotopic (exact) mass is 236 g/mol. The van der Waals surface area contributed by atoms with Crippen molar-refractivity contribution in [1.82, 2.24) is 9.97 Å². The van der Waals surface area contributed by atoms with Crippen molar-refractivity contribution in [2.24, 2.45) is 10.9 Å². The Morgan fingerprint density at radius 1 is 1.50 bits per heavy atom. The highest BCUT2D eigenvalue weighted by Gasteiger charge is 2.02. The van der Waals surface area contributed by atoms with Gasteiger partial charge in [-0.15, -0.1) is 0 Å². The van der Waals surface area contributed by atoms with Gasteiger partial charge in [-0.25, -0.2) is 4.98 Å². The molecule has 0 bridgehead atoms. The van der Waals surface area contributed by atoms with Crippen LogP contribution in [-0.2, 0) is 0 Å². The van der Waals surface area contributed by atoms with Crippen molar-refractivity contribution in [1.29, 1.82) is 0 Å². The molecular weight excluding hydrogens is 224 g/mol. The molecule has 1 aromatic heterocycles. The molecule has 0 spiro atoms. The number of oxime groups is 1. The summed E-state index contributed by atoms with van der Waals surface area (Å²) in [5.74, 6) is 0.971. The smallest absolute Gasteiger partial charge is 0.166 e. The van der Waals surface area contributed by atoms with Gasteiger partial charge >= 0.3 is 0 Å². The summed E-state index contributed by atoms with van der Waals surface area (Å²) in [5.41, 5.74) is 7.34. The predicted molar refractivity (Wildman–Crippen MR) is 64.8 cm³/mol. The number of nitrogens with one attached hydrogen (secondary N) is 1. The first-order chi connectivity index (χ1) is 7.79. The van der Waals surface area contributed by atoms with Crippen molar-refractivity contribution in [3.05, 3.63) is 24.3 Å². The van der Waals surface area contributed by atoms with Crippen LogP contribution in [0.15, 0.2) is 34.6 Å². The topological polar surface area (TPSA) is 87.3 Å². The second-order valence-corrected chi connectivity index (χ2v) is 4.33. The van der Waals surface area contributed by atoms with Gasteiger partial charge in [0.15, 0.2) is 5.16 Å². The number of nitrogens with two attached hydrogens (primary N) is 1. The lowest BCUT2D eigenvalue weighted by Gasteiger charge is -1.95. The molecule has 4 N–H and O–H groups in total. The van der Waals surface area contributed by atoms with Crippen LogP contribution in [0.25, 0.3) is 11.0 Å². The third-order valence-electron chi connectivity index (χ3n) is 2.09. The van der Waals surface area contributed by atoms with Crippen LogP contribution < -0.4 is 5.73 Å². The predicted octanol–water partition coefficient (Wildman–Crippen LogP) is 1.79. The minimum Gasteiger partial charge on any atom is -0.409 e. The quantitative estimate of drug-likeness (QED) is 0.248. The highest BCUT2D eigenvalue weighted by molar-refractivity contribution is 7.99. The van der Waals surface area contributed by atoms with Gasteiger partial charge in [-0.05, 0) is 12.1 Å². The van der Waals surface area contributed by atoms with Crippen LogP contribution in [0.4, 0.5) is 0 Å². The van der Waals surface area contributed by atoms with E-state index in [2.05, 4.69) is 15.1 Å². The number of hydrogen-bond acceptors (Lipinski definition) is 4. The van der Waals surface area contributed by atoms with Crippen molar-refractivity contribution in [2.45, 2.75) is 11.6 Å². The summed E-state index contributed by atoms with van der Waals surface area (Å²) in [7, 11) is 0. The number of nitrogens with zero attached hydrogens (tertiary/aromatic N) is 2. The van der Waals surface area contributed by atoms with E-state index < -0.39 is 0 Å². The summed E-state index contributed by atoms with van der Waals surface area (Å²) >= 11 is 1.55. The van der Waals surface area contributed by atoms with E-state index >= 15 is 0 Å². The van der Waals surface area contributed by atoms with Crippen LogP contribution in [0.3, 0.4) is 0 Å². The van der Waals surface area contributed by atoms with Gasteiger partial charge in [0.05, 0.1) is 11.0 Å². The number of aromatic nitrogens is 2. The van der Waals surface area contributed by atoms with Gasteiger partial charge in [-0.1, -0.05) is 29.1 Å². The average molecular weight is 236 g/mol. The molecular formula is C10H12N4OS. The molecule has 0 aliphatic heterocycles. The molecule has 1 heterocycles. The van der Waals surface area contributed by atoms with E-state index in [1.165, 1.54) is 0 Å². The highest BCUT2D eigenvalue weighted by Crippen LogP contribution is 2.19. The number of benzene rings is 1. The summed E-state index contributed by atoms with van der Waals surface area (Å²) in [5, 5.41) is 12.1. The minimum atomic E-state index is 0.239. The number of rotatable bonds is 4. The number of aromatic amines is 1. The number of imidazole rings is 1. The fourth-order valence-electron chi connectivity index (χ4n) is 1.30. The van der Waals surface area contributed by atoms with Gasteiger partial charge in [0.25, 0.3) is 0 Å². The van der Waals surface area contributed by atoms with Crippen molar-refractivity contribution in [3.8, 4) is 0 Å². The van der Waals surface area contributed by atoms with Gasteiger partial charge in [-0.3, -0.25) is 0 Å². The Balaban J connectivity index is 1.99. The Morgan fingerprint density at radius 3 is 3.06 bits per heavy atom. The lowest BCUT2D eigenvalue weighted by Crippen LogP contribution is -2.12. The van der Waals surface area contributed by atoms with Crippen LogP contribution in [-0.4, -0.2) is 26.8 Å². The molecule has 0 saturated carbocycles. The maximum atomic E-state index is 8.38. The summed E-state index contributed by atoms with van der Waals surface area (Å²) in [6.45, 7) is 0. The number of thioether (sulfide) groups is 1. The van der Waals surface area contributed by atoms with E-state index in [-0.39, 0.29) is 5.84 Å². The molecule has 6 heteroatoms. The number of H-pyrrole nitrogens is 1. The van der Waals surface area contributed by atoms with E-state index in [1.807, 2.05) is 24.3 Å². The molecule has 2 aromatic rings. The van der Waals surface area contributed by atoms with E-state index in [4.69, 9.17) is 10.9 Å². The van der Waals surface area contributed by atoms with Crippen LogP contribution >= 0.6 is 11.8 Å². The molecule has 2 rings (SSSR count). The first kappa shape index (κ1) is 10.8. The third kappa shape index (κ3) is 2.46. The Hall–Kier alpha value is -1.69. The van der Waals surface area contributed by atoms with Crippen molar-refractivity contribution in [3.63, 3.8) is 0 Å². The SMILES string of the molecule is N/C(CCSc1nc2ccccc2[nH]1)=N\O. The van der Waals surface area contributed by atoms with Gasteiger partial charge in [-0.2, -0.15) is 0 Å². The molecule has 0 amide bonds. The first-order valence-corrected chi connectivity index (χ1v) is 5.82. The molecule has 0 atom stereocenters. The Morgan fingerprint density at radius 2 is 2.31 bits per heavy atom. The zero-order valence-corrected chi connectivity index (χ0v) is 9.37. The van der Waals surface area contributed by atoms with Gasteiger partial charge in [0, 0.05) is 12.2 Å². The standard InChI is InChI=1S/C10H12N4OS/c11-9(14-15)5-6-16-10-12-7-3-1-2-4-8(7)13-10/h1-4,15H,5-6H2,(H2,11,14)(H,12,13). The third-order valence-corrected chi connectivity index (χ3v) is 2.97. The number of hydrogen-bond donors (Lipinski definition) is 3. The fraction of sp³-hybridized carbons (Fsp3) is 0.200. The molecule has 0 fully saturated rings. The van der Waals surface area contributed by atoms with Crippen LogP contribution in [0, 0.1) is 0 Å². The highest BCUT2D eigenvalue weighted by atomic mass is 32.2. The van der Waals surface area contributed by atoms with Crippen LogP contribution in [0.5, 0.6) is 0 Å². The first-order valence-electron chi connectivity index (χ1n) is 4.83. The number of amidine groups is 1. The largest absolute Gasteiger partial charge is 0.409 e. The van der Waals surface area contributed by atoms with Crippen molar-refractivity contribution >= 4 is 28.6 Å². The van der Waals surface area contributed by atoms with Crippen molar-refractivity contribution in [2.75, 3.05) is 5.75 Å². The van der Waals surface area contributed by atoms with Gasteiger partial charge in [0.1, 0.15) is 5.84 Å².